The van der Waals surface area contributed by atoms with E-state index in [0.717, 1.165) is 27.7 Å². The maximum Gasteiger partial charge on any atom is 0.259 e. The highest BCUT2D eigenvalue weighted by Gasteiger charge is 2.43. The third-order valence-electron chi connectivity index (χ3n) is 6.85. The maximum atomic E-state index is 13.8. The Morgan fingerprint density at radius 3 is 2.78 bits per heavy atom. The summed E-state index contributed by atoms with van der Waals surface area (Å²) in [5.41, 5.74) is 3.70. The van der Waals surface area contributed by atoms with Gasteiger partial charge in [0.05, 0.1) is 24.2 Å². The largest absolute Gasteiger partial charge is 0.378 e. The first-order valence-corrected chi connectivity index (χ1v) is 13.2. The molecule has 6 rings (SSSR count). The Hall–Kier alpha value is -3.43. The number of morpholine rings is 1. The van der Waals surface area contributed by atoms with Gasteiger partial charge in [-0.05, 0) is 30.2 Å². The summed E-state index contributed by atoms with van der Waals surface area (Å²) in [6.45, 7) is 4.28. The van der Waals surface area contributed by atoms with Crippen LogP contribution in [-0.2, 0) is 20.7 Å². The van der Waals surface area contributed by atoms with Crippen molar-refractivity contribution in [3.63, 3.8) is 0 Å². The van der Waals surface area contributed by atoms with Gasteiger partial charge in [-0.25, -0.2) is 9.89 Å². The molecule has 1 N–H and O–H groups in total. The Morgan fingerprint density at radius 1 is 1.17 bits per heavy atom. The smallest absolute Gasteiger partial charge is 0.259 e. The molecule has 8 nitrogen and oxygen atoms in total. The predicted octanol–water partition coefficient (Wildman–Crippen LogP) is 3.74. The minimum atomic E-state index is -0.550. The maximum absolute atomic E-state index is 13.8. The van der Waals surface area contributed by atoms with Gasteiger partial charge in [0.2, 0.25) is 5.91 Å². The first kappa shape index (κ1) is 23.0. The number of aromatic nitrogens is 1. The molecule has 3 aromatic rings. The van der Waals surface area contributed by atoms with Gasteiger partial charge in [0.1, 0.15) is 11.9 Å². The van der Waals surface area contributed by atoms with Crippen LogP contribution in [0.5, 0.6) is 0 Å². The zero-order valence-electron chi connectivity index (χ0n) is 20.0. The van der Waals surface area contributed by atoms with Crippen molar-refractivity contribution in [1.29, 1.82) is 0 Å². The monoisotopic (exact) mass is 501 g/mol. The van der Waals surface area contributed by atoms with Crippen LogP contribution in [-0.4, -0.2) is 75.2 Å². The number of rotatable bonds is 5. The van der Waals surface area contributed by atoms with Gasteiger partial charge < -0.3 is 14.6 Å². The quantitative estimate of drug-likeness (QED) is 0.577. The molecule has 0 aliphatic carbocycles. The molecule has 0 spiro atoms. The van der Waals surface area contributed by atoms with Gasteiger partial charge in [0.15, 0.2) is 5.17 Å². The molecule has 36 heavy (non-hydrogen) atoms. The lowest BCUT2D eigenvalue weighted by Gasteiger charge is -2.31. The lowest BCUT2D eigenvalue weighted by molar-refractivity contribution is -0.134. The molecular formula is C27H27N5O3S. The van der Waals surface area contributed by atoms with E-state index in [0.29, 0.717) is 50.1 Å². The van der Waals surface area contributed by atoms with Crippen molar-refractivity contribution in [2.75, 3.05) is 26.3 Å². The molecule has 2 atom stereocenters. The minimum Gasteiger partial charge on any atom is -0.378 e. The fourth-order valence-corrected chi connectivity index (χ4v) is 6.05. The van der Waals surface area contributed by atoms with Crippen LogP contribution in [0.3, 0.4) is 0 Å². The number of H-pyrrole nitrogens is 1. The van der Waals surface area contributed by atoms with Crippen molar-refractivity contribution >= 4 is 51.2 Å². The van der Waals surface area contributed by atoms with Crippen molar-refractivity contribution in [3.8, 4) is 0 Å². The second kappa shape index (κ2) is 9.55. The summed E-state index contributed by atoms with van der Waals surface area (Å²) in [7, 11) is 0. The second-order valence-corrected chi connectivity index (χ2v) is 10.2. The van der Waals surface area contributed by atoms with E-state index in [1.54, 1.807) is 4.90 Å². The summed E-state index contributed by atoms with van der Waals surface area (Å²) in [4.78, 5) is 43.5. The number of aromatic amines is 1. The van der Waals surface area contributed by atoms with E-state index >= 15 is 0 Å². The number of para-hydroxylation sites is 2. The Kier molecular flexibility index (Phi) is 6.10. The van der Waals surface area contributed by atoms with Crippen LogP contribution >= 0.6 is 11.8 Å². The lowest BCUT2D eigenvalue weighted by Crippen LogP contribution is -2.46. The van der Waals surface area contributed by atoms with Crippen LogP contribution in [0.4, 0.5) is 5.69 Å². The number of amidine groups is 2. The molecule has 0 radical (unpaired) electrons. The van der Waals surface area contributed by atoms with Crippen LogP contribution in [0.2, 0.25) is 0 Å². The molecule has 3 aliphatic rings. The minimum absolute atomic E-state index is 0.0628. The fourth-order valence-electron chi connectivity index (χ4n) is 4.95. The third kappa shape index (κ3) is 4.02. The summed E-state index contributed by atoms with van der Waals surface area (Å²) in [5.74, 6) is 0.573. The van der Waals surface area contributed by atoms with Gasteiger partial charge in [-0.15, -0.1) is 0 Å². The number of carbonyl (C=O) groups is 2. The van der Waals surface area contributed by atoms with Crippen LogP contribution in [0, 0.1) is 0 Å². The van der Waals surface area contributed by atoms with E-state index in [4.69, 9.17) is 14.7 Å². The van der Waals surface area contributed by atoms with E-state index in [1.807, 2.05) is 60.5 Å². The summed E-state index contributed by atoms with van der Waals surface area (Å²) in [5, 5.41) is 1.28. The highest BCUT2D eigenvalue weighted by molar-refractivity contribution is 8.15. The number of nitrogens with zero attached hydrogens (tertiary/aromatic N) is 4. The van der Waals surface area contributed by atoms with Gasteiger partial charge in [0.25, 0.3) is 5.91 Å². The highest BCUT2D eigenvalue weighted by Crippen LogP contribution is 2.36. The Balaban J connectivity index is 1.31. The van der Waals surface area contributed by atoms with Gasteiger partial charge in [-0.3, -0.25) is 14.6 Å². The molecule has 2 aromatic carbocycles. The number of amides is 2. The number of thioether (sulfide) groups is 1. The molecule has 1 aromatic heterocycles. The summed E-state index contributed by atoms with van der Waals surface area (Å²) >= 11 is 1.36. The predicted molar refractivity (Wildman–Crippen MR) is 142 cm³/mol. The van der Waals surface area contributed by atoms with E-state index in [9.17, 15) is 9.59 Å². The van der Waals surface area contributed by atoms with E-state index in [1.165, 1.54) is 11.8 Å². The molecule has 1 fully saturated rings. The number of carbonyl (C=O) groups excluding carboxylic acids is 2. The van der Waals surface area contributed by atoms with E-state index in [-0.39, 0.29) is 17.1 Å². The SMILES string of the molecule is CC[C@H](SC1=Nc2ccccc2C2=N[C@@H](Cc3c[nH]c4ccccc34)C(=O)N12)C(=O)N1CCOCC1. The van der Waals surface area contributed by atoms with Crippen molar-refractivity contribution in [2.24, 2.45) is 9.98 Å². The van der Waals surface area contributed by atoms with Gasteiger partial charge in [0, 0.05) is 42.2 Å². The van der Waals surface area contributed by atoms with E-state index in [2.05, 4.69) is 11.1 Å². The molecule has 184 valence electrons. The van der Waals surface area contributed by atoms with Crippen molar-refractivity contribution in [1.82, 2.24) is 14.8 Å². The van der Waals surface area contributed by atoms with Gasteiger partial charge >= 0.3 is 0 Å². The number of ether oxygens (including phenoxy) is 1. The number of benzene rings is 2. The standard InChI is InChI=1S/C27H27N5O3S/c1-2-23(26(34)31-11-13-35-14-12-31)36-27-30-21-10-6-4-8-19(21)24-29-22(25(33)32(24)27)15-17-16-28-20-9-5-3-7-18(17)20/h3-10,16,22-23,28H,2,11-15H2,1H3/t22-,23-/m0/s1. The average Bonchev–Trinajstić information content (AvgIpc) is 3.48. The second-order valence-electron chi connectivity index (χ2n) is 9.07. The molecule has 0 unspecified atom stereocenters. The molecule has 1 saturated heterocycles. The number of aliphatic imine (C=N–C) groups is 2. The van der Waals surface area contributed by atoms with Gasteiger partial charge in [-0.1, -0.05) is 49.0 Å². The van der Waals surface area contributed by atoms with Crippen LogP contribution in [0.1, 0.15) is 24.5 Å². The summed E-state index contributed by atoms with van der Waals surface area (Å²) < 4.78 is 5.41. The normalized spacial score (nSPS) is 20.1. The topological polar surface area (TPSA) is 90.4 Å². The molecule has 0 saturated carbocycles. The van der Waals surface area contributed by atoms with Crippen LogP contribution < -0.4 is 0 Å². The van der Waals surface area contributed by atoms with Crippen molar-refractivity contribution < 1.29 is 14.3 Å². The number of hydrogen-bond donors (Lipinski definition) is 1. The van der Waals surface area contributed by atoms with Crippen molar-refractivity contribution in [3.05, 3.63) is 65.9 Å². The zero-order chi connectivity index (χ0) is 24.6. The molecule has 4 heterocycles. The van der Waals surface area contributed by atoms with Crippen LogP contribution in [0.15, 0.2) is 64.7 Å². The molecule has 9 heteroatoms. The molecule has 3 aliphatic heterocycles. The zero-order valence-corrected chi connectivity index (χ0v) is 20.8. The third-order valence-corrected chi connectivity index (χ3v) is 8.16. The van der Waals surface area contributed by atoms with Gasteiger partial charge in [-0.2, -0.15) is 0 Å². The fraction of sp³-hybridized carbons (Fsp3) is 0.333. The van der Waals surface area contributed by atoms with E-state index < -0.39 is 6.04 Å². The Bertz CT molecular complexity index is 1390. The Labute approximate surface area is 213 Å². The number of fused-ring (bicyclic) bond motifs is 4. The molecular weight excluding hydrogens is 474 g/mol. The van der Waals surface area contributed by atoms with Crippen molar-refractivity contribution in [2.45, 2.75) is 31.1 Å². The number of hydrogen-bond acceptors (Lipinski definition) is 6. The summed E-state index contributed by atoms with van der Waals surface area (Å²) in [6.07, 6.45) is 3.09. The molecule has 0 bridgehead atoms. The first-order chi connectivity index (χ1) is 17.6. The number of nitrogens with one attached hydrogen (secondary N) is 1. The molecule has 2 amide bonds. The first-order valence-electron chi connectivity index (χ1n) is 12.3. The van der Waals surface area contributed by atoms with Crippen LogP contribution in [0.25, 0.3) is 10.9 Å². The average molecular weight is 502 g/mol. The lowest BCUT2D eigenvalue weighted by atomic mass is 10.1. The summed E-state index contributed by atoms with van der Waals surface area (Å²) in [6, 6.07) is 15.3. The highest BCUT2D eigenvalue weighted by atomic mass is 32.2. The Morgan fingerprint density at radius 2 is 1.94 bits per heavy atom.